The highest BCUT2D eigenvalue weighted by Gasteiger charge is 2.43. The first-order valence-corrected chi connectivity index (χ1v) is 6.99. The second-order valence-electron chi connectivity index (χ2n) is 5.31. The van der Waals surface area contributed by atoms with Crippen LogP contribution in [0, 0.1) is 5.82 Å². The summed E-state index contributed by atoms with van der Waals surface area (Å²) in [6.07, 6.45) is 0. The Balaban J connectivity index is 1.94. The van der Waals surface area contributed by atoms with Crippen LogP contribution < -0.4 is 10.2 Å². The molecule has 4 rings (SSSR count). The first kappa shape index (κ1) is 12.9. The molecule has 5 heteroatoms. The molecule has 22 heavy (non-hydrogen) atoms. The Morgan fingerprint density at radius 1 is 1.14 bits per heavy atom. The van der Waals surface area contributed by atoms with Gasteiger partial charge >= 0.3 is 5.91 Å². The number of nitrogens with one attached hydrogen (secondary N) is 2. The van der Waals surface area contributed by atoms with Gasteiger partial charge in [-0.25, -0.2) is 9.29 Å². The van der Waals surface area contributed by atoms with Crippen LogP contribution in [0.5, 0.6) is 0 Å². The molecule has 0 radical (unpaired) electrons. The van der Waals surface area contributed by atoms with E-state index in [2.05, 4.69) is 10.3 Å². The molecule has 1 amide bonds. The third-order valence-corrected chi connectivity index (χ3v) is 3.90. The van der Waals surface area contributed by atoms with Crippen LogP contribution in [0.4, 0.5) is 15.8 Å². The number of fused-ring (bicyclic) bond motifs is 3. The average Bonchev–Trinajstić information content (AvgIpc) is 2.88. The van der Waals surface area contributed by atoms with Crippen molar-refractivity contribution >= 4 is 23.1 Å². The number of rotatable bonds is 1. The van der Waals surface area contributed by atoms with Crippen LogP contribution in [0.15, 0.2) is 64.9 Å². The highest BCUT2D eigenvalue weighted by atomic mass is 19.1. The maximum Gasteiger partial charge on any atom is 0.312 e. The van der Waals surface area contributed by atoms with Gasteiger partial charge in [-0.2, -0.15) is 4.99 Å². The summed E-state index contributed by atoms with van der Waals surface area (Å²) in [5, 5.41) is 2.80. The van der Waals surface area contributed by atoms with Gasteiger partial charge in [0.15, 0.2) is 5.69 Å². The predicted molar refractivity (Wildman–Crippen MR) is 81.3 cm³/mol. The van der Waals surface area contributed by atoms with Crippen molar-refractivity contribution in [3.8, 4) is 0 Å². The van der Waals surface area contributed by atoms with Crippen LogP contribution in [0.2, 0.25) is 0 Å². The summed E-state index contributed by atoms with van der Waals surface area (Å²) in [5.74, 6) is 0.190. The van der Waals surface area contributed by atoms with Crippen molar-refractivity contribution < 1.29 is 14.1 Å². The van der Waals surface area contributed by atoms with Crippen molar-refractivity contribution in [1.82, 2.24) is 0 Å². The molecule has 2 aliphatic heterocycles. The Kier molecular flexibility index (Phi) is 2.71. The molecule has 0 bridgehead atoms. The van der Waals surface area contributed by atoms with E-state index in [-0.39, 0.29) is 11.7 Å². The number of carbonyl (C=O) groups excluding carboxylic acids is 1. The van der Waals surface area contributed by atoms with Crippen LogP contribution in [-0.2, 0) is 4.79 Å². The SMILES string of the molecule is CC1=C2C(=O)Nc3ccc(F)cc3[NH+]2C(c2ccccc2)=N1. The van der Waals surface area contributed by atoms with Crippen molar-refractivity contribution in [2.75, 3.05) is 5.32 Å². The maximum absolute atomic E-state index is 13.7. The number of amidine groups is 1. The van der Waals surface area contributed by atoms with Gasteiger partial charge in [0, 0.05) is 6.07 Å². The first-order chi connectivity index (χ1) is 10.6. The first-order valence-electron chi connectivity index (χ1n) is 6.99. The number of nitrogens with zero attached hydrogens (tertiary/aromatic N) is 1. The molecule has 1 unspecified atom stereocenters. The number of anilines is 1. The summed E-state index contributed by atoms with van der Waals surface area (Å²) in [7, 11) is 0. The van der Waals surface area contributed by atoms with Gasteiger partial charge < -0.3 is 5.32 Å². The second-order valence-corrected chi connectivity index (χ2v) is 5.31. The third kappa shape index (κ3) is 1.79. The Labute approximate surface area is 126 Å². The molecule has 0 saturated heterocycles. The van der Waals surface area contributed by atoms with Gasteiger partial charge in [0.2, 0.25) is 11.5 Å². The van der Waals surface area contributed by atoms with Gasteiger partial charge in [-0.1, -0.05) is 18.2 Å². The molecular weight excluding hydrogens is 281 g/mol. The summed E-state index contributed by atoms with van der Waals surface area (Å²) in [6, 6.07) is 14.0. The zero-order chi connectivity index (χ0) is 15.3. The van der Waals surface area contributed by atoms with E-state index in [1.54, 1.807) is 13.0 Å². The van der Waals surface area contributed by atoms with Crippen LogP contribution >= 0.6 is 0 Å². The van der Waals surface area contributed by atoms with Gasteiger partial charge in [0.1, 0.15) is 17.2 Å². The monoisotopic (exact) mass is 294 g/mol. The van der Waals surface area contributed by atoms with E-state index >= 15 is 0 Å². The van der Waals surface area contributed by atoms with Crippen molar-refractivity contribution in [3.05, 3.63) is 71.3 Å². The number of benzene rings is 2. The van der Waals surface area contributed by atoms with E-state index in [0.29, 0.717) is 27.7 Å². The third-order valence-electron chi connectivity index (χ3n) is 3.90. The normalized spacial score (nSPS) is 19.5. The Bertz CT molecular complexity index is 855. The summed E-state index contributed by atoms with van der Waals surface area (Å²) in [4.78, 5) is 17.6. The predicted octanol–water partition coefficient (Wildman–Crippen LogP) is 1.99. The van der Waals surface area contributed by atoms with Crippen molar-refractivity contribution in [2.45, 2.75) is 6.92 Å². The average molecular weight is 294 g/mol. The molecule has 1 atom stereocenters. The molecule has 0 spiro atoms. The number of allylic oxidation sites excluding steroid dienone is 1. The lowest BCUT2D eigenvalue weighted by Gasteiger charge is -2.24. The van der Waals surface area contributed by atoms with Gasteiger partial charge in [0.25, 0.3) is 0 Å². The molecule has 0 aliphatic carbocycles. The molecule has 108 valence electrons. The quantitative estimate of drug-likeness (QED) is 0.830. The van der Waals surface area contributed by atoms with Gasteiger partial charge in [-0.3, -0.25) is 4.79 Å². The number of carbonyl (C=O) groups is 1. The highest BCUT2D eigenvalue weighted by molar-refractivity contribution is 6.11. The van der Waals surface area contributed by atoms with E-state index in [4.69, 9.17) is 0 Å². The van der Waals surface area contributed by atoms with Crippen LogP contribution in [-0.4, -0.2) is 11.7 Å². The lowest BCUT2D eigenvalue weighted by atomic mass is 10.1. The molecule has 2 N–H and O–H groups in total. The van der Waals surface area contributed by atoms with Gasteiger partial charge in [0.05, 0.1) is 5.56 Å². The Morgan fingerprint density at radius 2 is 1.91 bits per heavy atom. The van der Waals surface area contributed by atoms with Gasteiger partial charge in [-0.05, 0) is 31.2 Å². The summed E-state index contributed by atoms with van der Waals surface area (Å²) >= 11 is 0. The van der Waals surface area contributed by atoms with Crippen molar-refractivity contribution in [2.24, 2.45) is 4.99 Å². The molecule has 2 heterocycles. The number of hydrogen-bond donors (Lipinski definition) is 2. The minimum Gasteiger partial charge on any atom is -0.312 e. The summed E-state index contributed by atoms with van der Waals surface area (Å²) < 4.78 is 13.7. The van der Waals surface area contributed by atoms with Crippen molar-refractivity contribution in [1.29, 1.82) is 0 Å². The number of amides is 1. The highest BCUT2D eigenvalue weighted by Crippen LogP contribution is 2.27. The molecular formula is C17H13FN3O+. The van der Waals surface area contributed by atoms with E-state index in [1.165, 1.54) is 12.1 Å². The molecule has 2 aliphatic rings. The fourth-order valence-corrected chi connectivity index (χ4v) is 2.94. The molecule has 0 saturated carbocycles. The molecule has 0 aromatic heterocycles. The lowest BCUT2D eigenvalue weighted by molar-refractivity contribution is -0.675. The van der Waals surface area contributed by atoms with Crippen LogP contribution in [0.3, 0.4) is 0 Å². The van der Waals surface area contributed by atoms with E-state index in [9.17, 15) is 9.18 Å². The lowest BCUT2D eigenvalue weighted by Crippen LogP contribution is -3.09. The van der Waals surface area contributed by atoms with Gasteiger partial charge in [-0.15, -0.1) is 0 Å². The number of aliphatic imine (C=N–C) groups is 1. The number of halogens is 1. The Morgan fingerprint density at radius 3 is 2.68 bits per heavy atom. The minimum absolute atomic E-state index is 0.193. The van der Waals surface area contributed by atoms with E-state index < -0.39 is 0 Å². The number of quaternary nitrogens is 1. The summed E-state index contributed by atoms with van der Waals surface area (Å²) in [6.45, 7) is 1.80. The topological polar surface area (TPSA) is 45.9 Å². The zero-order valence-electron chi connectivity index (χ0n) is 11.9. The summed E-state index contributed by atoms with van der Waals surface area (Å²) in [5.41, 5.74) is 3.38. The molecule has 4 nitrogen and oxygen atoms in total. The standard InChI is InChI=1S/C17H12FN3O/c1-10-15-17(22)20-13-8-7-12(18)9-14(13)21(15)16(19-10)11-5-3-2-4-6-11/h2-9H,1H3,(H,20,22)/p+1. The van der Waals surface area contributed by atoms with Crippen LogP contribution in [0.25, 0.3) is 0 Å². The fourth-order valence-electron chi connectivity index (χ4n) is 2.94. The van der Waals surface area contributed by atoms with E-state index in [1.807, 2.05) is 30.3 Å². The molecule has 0 fully saturated rings. The smallest absolute Gasteiger partial charge is 0.312 e. The van der Waals surface area contributed by atoms with E-state index in [0.717, 1.165) is 11.4 Å². The maximum atomic E-state index is 13.7. The van der Waals surface area contributed by atoms with Crippen molar-refractivity contribution in [3.63, 3.8) is 0 Å². The molecule has 2 aromatic rings. The largest absolute Gasteiger partial charge is 0.312 e. The number of hydrogen-bond acceptors (Lipinski definition) is 2. The van der Waals surface area contributed by atoms with Crippen LogP contribution in [0.1, 0.15) is 12.5 Å². The minimum atomic E-state index is -0.335. The fraction of sp³-hybridized carbons (Fsp3) is 0.0588. The zero-order valence-corrected chi connectivity index (χ0v) is 11.9. The molecule has 2 aromatic carbocycles. The Hall–Kier alpha value is -2.79. The second kappa shape index (κ2) is 4.61.